The Morgan fingerprint density at radius 3 is 1.94 bits per heavy atom. The number of piperidine rings is 1. The Kier molecular flexibility index (Phi) is 2.99. The Bertz CT molecular complexity index is 265. The molecule has 0 N–H and O–H groups in total. The van der Waals surface area contributed by atoms with E-state index in [1.807, 2.05) is 0 Å². The maximum atomic E-state index is 2.81. The van der Waals surface area contributed by atoms with Crippen LogP contribution >= 0.6 is 0 Å². The molecular weight excluding hydrogens is 208 g/mol. The summed E-state index contributed by atoms with van der Waals surface area (Å²) in [5.41, 5.74) is 1.27. The van der Waals surface area contributed by atoms with Gasteiger partial charge in [-0.05, 0) is 71.0 Å². The molecule has 0 amide bonds. The molecule has 0 radical (unpaired) electrons. The quantitative estimate of drug-likeness (QED) is 0.691. The van der Waals surface area contributed by atoms with Crippen molar-refractivity contribution in [1.82, 2.24) is 9.80 Å². The van der Waals surface area contributed by atoms with Gasteiger partial charge in [-0.1, -0.05) is 6.42 Å². The minimum atomic E-state index is 0.541. The summed E-state index contributed by atoms with van der Waals surface area (Å²) in [6.07, 6.45) is 10.2. The number of hydrogen-bond acceptors (Lipinski definition) is 2. The van der Waals surface area contributed by atoms with E-state index in [1.165, 1.54) is 71.1 Å². The van der Waals surface area contributed by atoms with Crippen molar-refractivity contribution in [1.29, 1.82) is 0 Å². The van der Waals surface area contributed by atoms with Gasteiger partial charge in [0.05, 0.1) is 0 Å². The average molecular weight is 236 g/mol. The second-order valence-corrected chi connectivity index (χ2v) is 7.22. The standard InChI is InChI=1S/C15H28N2/c1-14(17-10-4-3-5-11-17)6-8-15(9-7-14)12-16(2)13-15/h3-13H2,1-2H3. The molecule has 2 saturated heterocycles. The van der Waals surface area contributed by atoms with Crippen molar-refractivity contribution in [2.45, 2.75) is 57.4 Å². The Morgan fingerprint density at radius 1 is 0.824 bits per heavy atom. The number of likely N-dealkylation sites (tertiary alicyclic amines) is 2. The monoisotopic (exact) mass is 236 g/mol. The normalized spacial score (nSPS) is 33.5. The first-order valence-corrected chi connectivity index (χ1v) is 7.56. The van der Waals surface area contributed by atoms with Gasteiger partial charge >= 0.3 is 0 Å². The summed E-state index contributed by atoms with van der Waals surface area (Å²) in [5.74, 6) is 0. The molecule has 1 spiro atoms. The third-order valence-corrected chi connectivity index (χ3v) is 5.72. The highest BCUT2D eigenvalue weighted by molar-refractivity contribution is 5.02. The molecule has 0 aromatic heterocycles. The van der Waals surface area contributed by atoms with Crippen molar-refractivity contribution < 1.29 is 0 Å². The zero-order chi connectivity index (χ0) is 11.9. The van der Waals surface area contributed by atoms with Gasteiger partial charge < -0.3 is 4.90 Å². The van der Waals surface area contributed by atoms with Crippen molar-refractivity contribution >= 4 is 0 Å². The van der Waals surface area contributed by atoms with Crippen molar-refractivity contribution in [2.24, 2.45) is 5.41 Å². The molecule has 0 unspecified atom stereocenters. The van der Waals surface area contributed by atoms with E-state index in [0.717, 1.165) is 5.41 Å². The van der Waals surface area contributed by atoms with Crippen LogP contribution in [0, 0.1) is 5.41 Å². The topological polar surface area (TPSA) is 6.48 Å². The van der Waals surface area contributed by atoms with Crippen LogP contribution in [0.5, 0.6) is 0 Å². The van der Waals surface area contributed by atoms with Crippen molar-refractivity contribution in [3.05, 3.63) is 0 Å². The fourth-order valence-corrected chi connectivity index (χ4v) is 4.48. The summed E-state index contributed by atoms with van der Waals surface area (Å²) in [5, 5.41) is 0. The van der Waals surface area contributed by atoms with Gasteiger partial charge in [0.1, 0.15) is 0 Å². The van der Waals surface area contributed by atoms with Crippen LogP contribution in [0.15, 0.2) is 0 Å². The molecule has 3 rings (SSSR count). The lowest BCUT2D eigenvalue weighted by Crippen LogP contribution is -2.60. The van der Waals surface area contributed by atoms with Crippen molar-refractivity contribution in [2.75, 3.05) is 33.2 Å². The Morgan fingerprint density at radius 2 is 1.41 bits per heavy atom. The lowest BCUT2D eigenvalue weighted by Gasteiger charge is -2.57. The van der Waals surface area contributed by atoms with Gasteiger partial charge in [-0.15, -0.1) is 0 Å². The summed E-state index contributed by atoms with van der Waals surface area (Å²) in [7, 11) is 2.27. The third kappa shape index (κ3) is 2.15. The molecule has 2 nitrogen and oxygen atoms in total. The zero-order valence-electron chi connectivity index (χ0n) is 11.7. The van der Waals surface area contributed by atoms with Crippen LogP contribution in [0.4, 0.5) is 0 Å². The average Bonchev–Trinajstić information content (AvgIpc) is 2.32. The molecule has 2 aliphatic heterocycles. The Balaban J connectivity index is 1.59. The highest BCUT2D eigenvalue weighted by atomic mass is 15.2. The molecular formula is C15H28N2. The van der Waals surface area contributed by atoms with Crippen LogP contribution in [-0.4, -0.2) is 48.6 Å². The van der Waals surface area contributed by atoms with Gasteiger partial charge in [0, 0.05) is 18.6 Å². The second kappa shape index (κ2) is 4.24. The first-order chi connectivity index (χ1) is 8.12. The minimum absolute atomic E-state index is 0.541. The highest BCUT2D eigenvalue weighted by Crippen LogP contribution is 2.48. The molecule has 98 valence electrons. The van der Waals surface area contributed by atoms with E-state index >= 15 is 0 Å². The van der Waals surface area contributed by atoms with Gasteiger partial charge in [-0.25, -0.2) is 0 Å². The summed E-state index contributed by atoms with van der Waals surface area (Å²) >= 11 is 0. The Hall–Kier alpha value is -0.0800. The van der Waals surface area contributed by atoms with Crippen LogP contribution in [0.3, 0.4) is 0 Å². The lowest BCUT2D eigenvalue weighted by molar-refractivity contribution is -0.0601. The molecule has 1 aliphatic carbocycles. The minimum Gasteiger partial charge on any atom is -0.305 e. The third-order valence-electron chi connectivity index (χ3n) is 5.72. The fraction of sp³-hybridized carbons (Fsp3) is 1.00. The maximum absolute atomic E-state index is 2.81. The van der Waals surface area contributed by atoms with Crippen LogP contribution in [0.1, 0.15) is 51.9 Å². The summed E-state index contributed by atoms with van der Waals surface area (Å²) < 4.78 is 0. The highest BCUT2D eigenvalue weighted by Gasteiger charge is 2.47. The van der Waals surface area contributed by atoms with Crippen LogP contribution in [-0.2, 0) is 0 Å². The largest absolute Gasteiger partial charge is 0.305 e. The van der Waals surface area contributed by atoms with E-state index in [4.69, 9.17) is 0 Å². The van der Waals surface area contributed by atoms with Crippen LogP contribution in [0.2, 0.25) is 0 Å². The molecule has 17 heavy (non-hydrogen) atoms. The number of rotatable bonds is 1. The van der Waals surface area contributed by atoms with E-state index in [0.29, 0.717) is 5.54 Å². The van der Waals surface area contributed by atoms with Crippen LogP contribution < -0.4 is 0 Å². The molecule has 2 heterocycles. The molecule has 0 aromatic rings. The summed E-state index contributed by atoms with van der Waals surface area (Å²) in [6.45, 7) is 7.99. The van der Waals surface area contributed by atoms with E-state index in [2.05, 4.69) is 23.8 Å². The zero-order valence-corrected chi connectivity index (χ0v) is 11.7. The van der Waals surface area contributed by atoms with E-state index in [-0.39, 0.29) is 0 Å². The SMILES string of the molecule is CN1CC2(CCC(C)(N3CCCCC3)CC2)C1. The fourth-order valence-electron chi connectivity index (χ4n) is 4.48. The predicted molar refractivity (Wildman–Crippen MR) is 72.2 cm³/mol. The molecule has 0 atom stereocenters. The summed E-state index contributed by atoms with van der Waals surface area (Å²) in [6, 6.07) is 0. The first-order valence-electron chi connectivity index (χ1n) is 7.56. The van der Waals surface area contributed by atoms with Crippen molar-refractivity contribution in [3.8, 4) is 0 Å². The molecule has 2 heteroatoms. The maximum Gasteiger partial charge on any atom is 0.0181 e. The van der Waals surface area contributed by atoms with Gasteiger partial charge in [-0.3, -0.25) is 4.90 Å². The van der Waals surface area contributed by atoms with E-state index in [1.54, 1.807) is 0 Å². The number of nitrogens with zero attached hydrogens (tertiary/aromatic N) is 2. The molecule has 3 fully saturated rings. The van der Waals surface area contributed by atoms with Gasteiger partial charge in [0.2, 0.25) is 0 Å². The van der Waals surface area contributed by atoms with Gasteiger partial charge in [-0.2, -0.15) is 0 Å². The number of hydrogen-bond donors (Lipinski definition) is 0. The van der Waals surface area contributed by atoms with Gasteiger partial charge in [0.15, 0.2) is 0 Å². The van der Waals surface area contributed by atoms with Crippen LogP contribution in [0.25, 0.3) is 0 Å². The first kappa shape index (κ1) is 12.0. The summed E-state index contributed by atoms with van der Waals surface area (Å²) in [4.78, 5) is 5.30. The van der Waals surface area contributed by atoms with Crippen molar-refractivity contribution in [3.63, 3.8) is 0 Å². The Labute approximate surface area is 106 Å². The van der Waals surface area contributed by atoms with E-state index < -0.39 is 0 Å². The lowest BCUT2D eigenvalue weighted by atomic mass is 9.63. The molecule has 0 aromatic carbocycles. The molecule has 3 aliphatic rings. The van der Waals surface area contributed by atoms with Gasteiger partial charge in [0.25, 0.3) is 0 Å². The van der Waals surface area contributed by atoms with E-state index in [9.17, 15) is 0 Å². The predicted octanol–water partition coefficient (Wildman–Crippen LogP) is 2.74. The molecule has 1 saturated carbocycles. The molecule has 0 bridgehead atoms. The smallest absolute Gasteiger partial charge is 0.0181 e. The second-order valence-electron chi connectivity index (χ2n) is 7.22.